The van der Waals surface area contributed by atoms with Gasteiger partial charge in [-0.2, -0.15) is 5.26 Å². The Balaban J connectivity index is 1.06. The van der Waals surface area contributed by atoms with Gasteiger partial charge in [-0.3, -0.25) is 0 Å². The lowest BCUT2D eigenvalue weighted by molar-refractivity contribution is 0.152. The van der Waals surface area contributed by atoms with E-state index in [-0.39, 0.29) is 0 Å². The summed E-state index contributed by atoms with van der Waals surface area (Å²) >= 11 is 0. The molecule has 306 valence electrons. The monoisotopic (exact) mass is 836 g/mol. The highest BCUT2D eigenvalue weighted by Gasteiger charge is 2.44. The molecule has 0 atom stereocenters. The summed E-state index contributed by atoms with van der Waals surface area (Å²) in [6, 6.07) is 75.8. The average molecular weight is 837 g/mol. The van der Waals surface area contributed by atoms with Crippen LogP contribution in [-0.2, 0) is 5.60 Å². The van der Waals surface area contributed by atoms with Crippen molar-refractivity contribution in [1.82, 2.24) is 15.0 Å². The quantitative estimate of drug-likeness (QED) is 0.152. The van der Waals surface area contributed by atoms with Crippen molar-refractivity contribution in [3.63, 3.8) is 0 Å². The predicted molar refractivity (Wildman–Crippen MR) is 256 cm³/mol. The van der Waals surface area contributed by atoms with Crippen molar-refractivity contribution in [2.75, 3.05) is 0 Å². The van der Waals surface area contributed by atoms with E-state index >= 15 is 4.39 Å². The SMILES string of the molecule is N#Cc1cccc(-c2cccc(-c3nc(-c4cc(F)cc(-c5ccc6c(c5)OC(c5ccccc5)(c5ccccc5)c5ccccc5-6)c4)nc(-c4ccccc4-c4ccccc4)n3)c2)c1. The van der Waals surface area contributed by atoms with E-state index in [9.17, 15) is 5.26 Å². The number of fused-ring (bicyclic) bond motifs is 3. The Hall–Kier alpha value is -8.79. The summed E-state index contributed by atoms with van der Waals surface area (Å²) in [6.45, 7) is 0. The van der Waals surface area contributed by atoms with Crippen LogP contribution in [0.5, 0.6) is 5.75 Å². The third-order valence-electron chi connectivity index (χ3n) is 12.0. The van der Waals surface area contributed by atoms with Crippen LogP contribution in [-0.4, -0.2) is 15.0 Å². The summed E-state index contributed by atoms with van der Waals surface area (Å²) in [4.78, 5) is 15.3. The zero-order valence-electron chi connectivity index (χ0n) is 34.9. The van der Waals surface area contributed by atoms with E-state index in [1.54, 1.807) is 6.07 Å². The standard InChI is InChI=1S/C59H37FN4O/c60-49-35-45(43-30-31-52-51-27-12-13-29-54(51)59(65-55(52)37-43,47-22-6-2-7-23-47)48-24-8-3-9-25-48)34-46(36-49)57-62-56(44-21-15-20-42(33-44)41-19-14-16-39(32-41)38-61)63-58(64-57)53-28-11-10-26-50(53)40-17-4-1-5-18-40/h1-37H. The van der Waals surface area contributed by atoms with Gasteiger partial charge in [-0.1, -0.05) is 182 Å². The van der Waals surface area contributed by atoms with E-state index in [1.807, 2.05) is 133 Å². The van der Waals surface area contributed by atoms with Gasteiger partial charge in [-0.15, -0.1) is 0 Å². The maximum absolute atomic E-state index is 16.2. The van der Waals surface area contributed by atoms with Crippen LogP contribution >= 0.6 is 0 Å². The summed E-state index contributed by atoms with van der Waals surface area (Å²) in [5.41, 5.74) is 11.9. The van der Waals surface area contributed by atoms with Crippen molar-refractivity contribution in [2.24, 2.45) is 0 Å². The number of nitrogens with zero attached hydrogens (tertiary/aromatic N) is 4. The molecule has 0 bridgehead atoms. The minimum atomic E-state index is -0.943. The number of aromatic nitrogens is 3. The Bertz CT molecular complexity index is 3400. The molecule has 10 aromatic rings. The van der Waals surface area contributed by atoms with Crippen molar-refractivity contribution in [3.8, 4) is 90.5 Å². The highest BCUT2D eigenvalue weighted by atomic mass is 19.1. The zero-order chi connectivity index (χ0) is 43.7. The Labute approximate surface area is 376 Å². The maximum Gasteiger partial charge on any atom is 0.185 e. The molecule has 0 unspecified atom stereocenters. The lowest BCUT2D eigenvalue weighted by Gasteiger charge is -2.41. The predicted octanol–water partition coefficient (Wildman–Crippen LogP) is 14.2. The van der Waals surface area contributed by atoms with E-state index < -0.39 is 11.4 Å². The van der Waals surface area contributed by atoms with Crippen molar-refractivity contribution in [2.45, 2.75) is 5.60 Å². The topological polar surface area (TPSA) is 71.7 Å². The first-order valence-corrected chi connectivity index (χ1v) is 21.4. The molecule has 0 N–H and O–H groups in total. The molecule has 0 saturated carbocycles. The van der Waals surface area contributed by atoms with Crippen LogP contribution in [0.3, 0.4) is 0 Å². The molecule has 1 aromatic heterocycles. The second kappa shape index (κ2) is 16.5. The van der Waals surface area contributed by atoms with E-state index in [0.717, 1.165) is 66.8 Å². The molecule has 11 rings (SSSR count). The molecule has 0 spiro atoms. The van der Waals surface area contributed by atoms with Crippen LogP contribution in [0.4, 0.5) is 4.39 Å². The van der Waals surface area contributed by atoms with E-state index in [0.29, 0.717) is 39.9 Å². The highest BCUT2D eigenvalue weighted by Crippen LogP contribution is 2.52. The van der Waals surface area contributed by atoms with Gasteiger partial charge in [-0.05, 0) is 81.4 Å². The minimum absolute atomic E-state index is 0.320. The normalized spacial score (nSPS) is 12.3. The van der Waals surface area contributed by atoms with Crippen molar-refractivity contribution >= 4 is 0 Å². The van der Waals surface area contributed by atoms with Gasteiger partial charge in [0.25, 0.3) is 0 Å². The largest absolute Gasteiger partial charge is 0.472 e. The molecule has 0 saturated heterocycles. The molecule has 0 amide bonds. The lowest BCUT2D eigenvalue weighted by Crippen LogP contribution is -2.38. The number of hydrogen-bond acceptors (Lipinski definition) is 5. The van der Waals surface area contributed by atoms with Crippen molar-refractivity contribution in [3.05, 3.63) is 253 Å². The third-order valence-corrected chi connectivity index (χ3v) is 12.0. The fraction of sp³-hybridized carbons (Fsp3) is 0.0169. The second-order valence-electron chi connectivity index (χ2n) is 16.0. The maximum atomic E-state index is 16.2. The first-order chi connectivity index (χ1) is 32.0. The Morgan fingerprint density at radius 1 is 0.385 bits per heavy atom. The van der Waals surface area contributed by atoms with Gasteiger partial charge in [-0.25, -0.2) is 19.3 Å². The zero-order valence-corrected chi connectivity index (χ0v) is 34.9. The van der Waals surface area contributed by atoms with Crippen molar-refractivity contribution in [1.29, 1.82) is 5.26 Å². The number of halogens is 1. The Kier molecular flexibility index (Phi) is 9.91. The molecule has 5 nitrogen and oxygen atoms in total. The van der Waals surface area contributed by atoms with Gasteiger partial charge in [0.2, 0.25) is 0 Å². The summed E-state index contributed by atoms with van der Waals surface area (Å²) < 4.78 is 23.5. The fourth-order valence-electron chi connectivity index (χ4n) is 8.99. The number of ether oxygens (including phenoxy) is 1. The second-order valence-corrected chi connectivity index (χ2v) is 16.0. The summed E-state index contributed by atoms with van der Waals surface area (Å²) in [7, 11) is 0. The Morgan fingerprint density at radius 3 is 1.63 bits per heavy atom. The molecule has 6 heteroatoms. The molecular weight excluding hydrogens is 800 g/mol. The number of nitriles is 1. The first-order valence-electron chi connectivity index (χ1n) is 21.4. The number of rotatable bonds is 8. The summed E-state index contributed by atoms with van der Waals surface area (Å²) in [5, 5.41) is 9.62. The molecule has 1 aliphatic rings. The minimum Gasteiger partial charge on any atom is -0.472 e. The van der Waals surface area contributed by atoms with Crippen LogP contribution in [0.2, 0.25) is 0 Å². The average Bonchev–Trinajstić information content (AvgIpc) is 3.38. The van der Waals surface area contributed by atoms with Gasteiger partial charge in [0, 0.05) is 38.9 Å². The van der Waals surface area contributed by atoms with Crippen LogP contribution in [0.1, 0.15) is 22.3 Å². The fourth-order valence-corrected chi connectivity index (χ4v) is 8.99. The highest BCUT2D eigenvalue weighted by molar-refractivity contribution is 5.85. The smallest absolute Gasteiger partial charge is 0.185 e. The van der Waals surface area contributed by atoms with Crippen molar-refractivity contribution < 1.29 is 9.13 Å². The Morgan fingerprint density at radius 2 is 0.908 bits per heavy atom. The first kappa shape index (κ1) is 39.1. The summed E-state index contributed by atoms with van der Waals surface area (Å²) in [5.74, 6) is 1.45. The van der Waals surface area contributed by atoms with Gasteiger partial charge in [0.1, 0.15) is 11.6 Å². The molecule has 0 fully saturated rings. The number of benzene rings is 9. The molecule has 2 heterocycles. The molecule has 0 radical (unpaired) electrons. The van der Waals surface area contributed by atoms with Crippen LogP contribution in [0.25, 0.3) is 78.7 Å². The van der Waals surface area contributed by atoms with Gasteiger partial charge < -0.3 is 4.74 Å². The van der Waals surface area contributed by atoms with Gasteiger partial charge in [0.05, 0.1) is 11.6 Å². The molecular formula is C59H37FN4O. The van der Waals surface area contributed by atoms with E-state index in [1.165, 1.54) is 12.1 Å². The van der Waals surface area contributed by atoms with Gasteiger partial charge in [0.15, 0.2) is 23.1 Å². The van der Waals surface area contributed by atoms with E-state index in [2.05, 4.69) is 78.9 Å². The lowest BCUT2D eigenvalue weighted by atomic mass is 9.75. The third kappa shape index (κ3) is 7.21. The van der Waals surface area contributed by atoms with Crippen LogP contribution in [0, 0.1) is 17.1 Å². The van der Waals surface area contributed by atoms with E-state index in [4.69, 9.17) is 19.7 Å². The van der Waals surface area contributed by atoms with Gasteiger partial charge >= 0.3 is 0 Å². The molecule has 65 heavy (non-hydrogen) atoms. The summed E-state index contributed by atoms with van der Waals surface area (Å²) in [6.07, 6.45) is 0. The number of hydrogen-bond donors (Lipinski definition) is 0. The molecule has 9 aromatic carbocycles. The molecule has 1 aliphatic heterocycles. The molecule has 0 aliphatic carbocycles. The van der Waals surface area contributed by atoms with Crippen LogP contribution in [0.15, 0.2) is 224 Å². The van der Waals surface area contributed by atoms with Crippen LogP contribution < -0.4 is 4.74 Å².